The molecule has 1 fully saturated rings. The van der Waals surface area contributed by atoms with Gasteiger partial charge >= 0.3 is 0 Å². The summed E-state index contributed by atoms with van der Waals surface area (Å²) in [5, 5.41) is 5.21. The van der Waals surface area contributed by atoms with E-state index in [2.05, 4.69) is 15.4 Å². The van der Waals surface area contributed by atoms with Crippen LogP contribution in [0.1, 0.15) is 28.8 Å². The summed E-state index contributed by atoms with van der Waals surface area (Å²) in [7, 11) is -2.20. The van der Waals surface area contributed by atoms with Crippen molar-refractivity contribution in [2.24, 2.45) is 0 Å². The number of benzene rings is 2. The molecular weight excluding hydrogens is 434 g/mol. The van der Waals surface area contributed by atoms with Gasteiger partial charge in [-0.15, -0.1) is 0 Å². The number of hydrogen-bond acceptors (Lipinski definition) is 6. The van der Waals surface area contributed by atoms with E-state index in [4.69, 9.17) is 9.47 Å². The molecule has 1 unspecified atom stereocenters. The Bertz CT molecular complexity index is 1030. The van der Waals surface area contributed by atoms with Gasteiger partial charge in [-0.2, -0.15) is 0 Å². The van der Waals surface area contributed by atoms with Gasteiger partial charge in [-0.25, -0.2) is 13.1 Å². The van der Waals surface area contributed by atoms with Crippen molar-refractivity contribution >= 4 is 21.8 Å². The molecular formula is C22H27N3O6S. The Morgan fingerprint density at radius 2 is 1.91 bits per heavy atom. The SMILES string of the molecule is COc1ccc(CNC(=O)CNC(=O)c2cccc(S(=O)(=O)NCC3CCCO3)c2)cc1. The van der Waals surface area contributed by atoms with E-state index in [0.29, 0.717) is 13.2 Å². The first-order chi connectivity index (χ1) is 15.4. The standard InChI is InChI=1S/C22H27N3O6S/c1-30-18-9-7-16(8-10-18)13-23-21(26)15-24-22(27)17-4-2-6-20(12-17)32(28,29)25-14-19-5-3-11-31-19/h2,4,6-10,12,19,25H,3,5,11,13-15H2,1H3,(H,23,26)(H,24,27). The molecule has 1 heterocycles. The third kappa shape index (κ3) is 6.78. The first-order valence-electron chi connectivity index (χ1n) is 10.3. The average molecular weight is 462 g/mol. The molecule has 0 aromatic heterocycles. The molecule has 0 spiro atoms. The van der Waals surface area contributed by atoms with Gasteiger partial charge in [-0.3, -0.25) is 9.59 Å². The second-order valence-electron chi connectivity index (χ2n) is 7.32. The van der Waals surface area contributed by atoms with E-state index in [1.54, 1.807) is 19.2 Å². The van der Waals surface area contributed by atoms with Crippen molar-refractivity contribution in [3.8, 4) is 5.75 Å². The molecule has 2 amide bonds. The summed E-state index contributed by atoms with van der Waals surface area (Å²) in [6.45, 7) is 0.898. The summed E-state index contributed by atoms with van der Waals surface area (Å²) in [5.74, 6) is -0.185. The highest BCUT2D eigenvalue weighted by Crippen LogP contribution is 2.15. The highest BCUT2D eigenvalue weighted by molar-refractivity contribution is 7.89. The van der Waals surface area contributed by atoms with Crippen molar-refractivity contribution in [1.29, 1.82) is 0 Å². The number of sulfonamides is 1. The van der Waals surface area contributed by atoms with E-state index in [1.807, 2.05) is 12.1 Å². The minimum absolute atomic E-state index is 0.0212. The monoisotopic (exact) mass is 461 g/mol. The number of amides is 2. The summed E-state index contributed by atoms with van der Waals surface area (Å²) >= 11 is 0. The zero-order chi connectivity index (χ0) is 23.0. The van der Waals surface area contributed by atoms with Crippen LogP contribution in [0.2, 0.25) is 0 Å². The molecule has 2 aromatic rings. The van der Waals surface area contributed by atoms with Crippen LogP contribution in [0.25, 0.3) is 0 Å². The Morgan fingerprint density at radius 1 is 1.12 bits per heavy atom. The van der Waals surface area contributed by atoms with Crippen molar-refractivity contribution in [2.75, 3.05) is 26.8 Å². The lowest BCUT2D eigenvalue weighted by Gasteiger charge is -2.12. The van der Waals surface area contributed by atoms with Gasteiger partial charge in [0.25, 0.3) is 5.91 Å². The molecule has 32 heavy (non-hydrogen) atoms. The third-order valence-electron chi connectivity index (χ3n) is 4.99. The topological polar surface area (TPSA) is 123 Å². The number of ether oxygens (including phenoxy) is 2. The fourth-order valence-electron chi connectivity index (χ4n) is 3.16. The first-order valence-corrected chi connectivity index (χ1v) is 11.7. The number of rotatable bonds is 10. The summed E-state index contributed by atoms with van der Waals surface area (Å²) in [6, 6.07) is 12.9. The lowest BCUT2D eigenvalue weighted by atomic mass is 10.2. The maximum Gasteiger partial charge on any atom is 0.251 e. The van der Waals surface area contributed by atoms with Crippen LogP contribution in [0.3, 0.4) is 0 Å². The minimum Gasteiger partial charge on any atom is -0.497 e. The molecule has 0 aliphatic carbocycles. The largest absolute Gasteiger partial charge is 0.497 e. The normalized spacial score (nSPS) is 15.8. The van der Waals surface area contributed by atoms with Crippen molar-refractivity contribution in [3.05, 3.63) is 59.7 Å². The fraction of sp³-hybridized carbons (Fsp3) is 0.364. The molecule has 10 heteroatoms. The number of nitrogens with one attached hydrogen (secondary N) is 3. The smallest absolute Gasteiger partial charge is 0.251 e. The van der Waals surface area contributed by atoms with Gasteiger partial charge in [-0.1, -0.05) is 18.2 Å². The molecule has 1 aliphatic heterocycles. The fourth-order valence-corrected chi connectivity index (χ4v) is 4.28. The predicted molar refractivity (Wildman–Crippen MR) is 118 cm³/mol. The van der Waals surface area contributed by atoms with E-state index >= 15 is 0 Å². The molecule has 9 nitrogen and oxygen atoms in total. The Balaban J connectivity index is 1.49. The summed E-state index contributed by atoms with van der Waals surface area (Å²) in [5.41, 5.74) is 1.03. The van der Waals surface area contributed by atoms with Gasteiger partial charge in [-0.05, 0) is 48.7 Å². The van der Waals surface area contributed by atoms with E-state index in [1.165, 1.54) is 24.3 Å². The Morgan fingerprint density at radius 3 is 2.59 bits per heavy atom. The maximum absolute atomic E-state index is 12.5. The van der Waals surface area contributed by atoms with Crippen molar-refractivity contribution in [1.82, 2.24) is 15.4 Å². The minimum atomic E-state index is -3.78. The van der Waals surface area contributed by atoms with E-state index in [9.17, 15) is 18.0 Å². The van der Waals surface area contributed by atoms with Crippen molar-refractivity contribution in [3.63, 3.8) is 0 Å². The highest BCUT2D eigenvalue weighted by Gasteiger charge is 2.21. The molecule has 2 aromatic carbocycles. The van der Waals surface area contributed by atoms with E-state index in [0.717, 1.165) is 24.2 Å². The Kier molecular flexibility index (Phi) is 8.20. The van der Waals surface area contributed by atoms with Gasteiger partial charge in [0.1, 0.15) is 5.75 Å². The van der Waals surface area contributed by atoms with Gasteiger partial charge in [0.15, 0.2) is 0 Å². The molecule has 1 aliphatic rings. The molecule has 3 N–H and O–H groups in total. The van der Waals surface area contributed by atoms with Crippen LogP contribution >= 0.6 is 0 Å². The van der Waals surface area contributed by atoms with Crippen LogP contribution in [-0.4, -0.2) is 53.1 Å². The van der Waals surface area contributed by atoms with Gasteiger partial charge in [0.2, 0.25) is 15.9 Å². The van der Waals surface area contributed by atoms with Gasteiger partial charge in [0.05, 0.1) is 24.7 Å². The zero-order valence-electron chi connectivity index (χ0n) is 17.8. The Labute approximate surface area is 187 Å². The molecule has 1 atom stereocenters. The number of carbonyl (C=O) groups is 2. The summed E-state index contributed by atoms with van der Waals surface area (Å²) in [4.78, 5) is 24.4. The highest BCUT2D eigenvalue weighted by atomic mass is 32.2. The molecule has 0 radical (unpaired) electrons. The Hall–Kier alpha value is -2.95. The van der Waals surface area contributed by atoms with Gasteiger partial charge < -0.3 is 20.1 Å². The van der Waals surface area contributed by atoms with Crippen LogP contribution in [0.15, 0.2) is 53.4 Å². The van der Waals surface area contributed by atoms with Crippen molar-refractivity contribution < 1.29 is 27.5 Å². The number of carbonyl (C=O) groups excluding carboxylic acids is 2. The number of hydrogen-bond donors (Lipinski definition) is 3. The average Bonchev–Trinajstić information content (AvgIpc) is 3.34. The maximum atomic E-state index is 12.5. The predicted octanol–water partition coefficient (Wildman–Crippen LogP) is 1.20. The van der Waals surface area contributed by atoms with Crippen LogP contribution in [-0.2, 0) is 26.1 Å². The molecule has 172 valence electrons. The van der Waals surface area contributed by atoms with Gasteiger partial charge in [0, 0.05) is 25.3 Å². The van der Waals surface area contributed by atoms with E-state index in [-0.39, 0.29) is 35.6 Å². The molecule has 0 saturated carbocycles. The molecule has 3 rings (SSSR count). The van der Waals surface area contributed by atoms with Crippen LogP contribution in [0, 0.1) is 0 Å². The number of methoxy groups -OCH3 is 1. The quantitative estimate of drug-likeness (QED) is 0.489. The third-order valence-corrected chi connectivity index (χ3v) is 6.41. The first kappa shape index (κ1) is 23.7. The molecule has 0 bridgehead atoms. The van der Waals surface area contributed by atoms with Crippen LogP contribution < -0.4 is 20.1 Å². The summed E-state index contributed by atoms with van der Waals surface area (Å²) < 4.78 is 38.1. The van der Waals surface area contributed by atoms with Crippen LogP contribution in [0.5, 0.6) is 5.75 Å². The zero-order valence-corrected chi connectivity index (χ0v) is 18.6. The van der Waals surface area contributed by atoms with E-state index < -0.39 is 15.9 Å². The lowest BCUT2D eigenvalue weighted by Crippen LogP contribution is -2.36. The molecule has 1 saturated heterocycles. The summed E-state index contributed by atoms with van der Waals surface area (Å²) in [6.07, 6.45) is 1.59. The second-order valence-corrected chi connectivity index (χ2v) is 9.09. The van der Waals surface area contributed by atoms with Crippen molar-refractivity contribution in [2.45, 2.75) is 30.4 Å². The van der Waals surface area contributed by atoms with Crippen LogP contribution in [0.4, 0.5) is 0 Å². The second kappa shape index (κ2) is 11.1. The lowest BCUT2D eigenvalue weighted by molar-refractivity contribution is -0.120.